The maximum absolute atomic E-state index is 11.8. The van der Waals surface area contributed by atoms with Gasteiger partial charge in [-0.1, -0.05) is 0 Å². The van der Waals surface area contributed by atoms with E-state index in [1.54, 1.807) is 0 Å². The van der Waals surface area contributed by atoms with E-state index in [1.165, 1.54) is 7.05 Å². The number of hydrogen-bond acceptors (Lipinski definition) is 4. The minimum atomic E-state index is -1.11. The summed E-state index contributed by atoms with van der Waals surface area (Å²) in [6.45, 7) is 0. The fourth-order valence-electron chi connectivity index (χ4n) is 1.64. The average Bonchev–Trinajstić information content (AvgIpc) is 3.03. The molecule has 0 aromatic heterocycles. The lowest BCUT2D eigenvalue weighted by Crippen LogP contribution is -2.47. The summed E-state index contributed by atoms with van der Waals surface area (Å²) in [4.78, 5) is 33.8. The molecule has 0 saturated heterocycles. The molecule has 0 aromatic carbocycles. The lowest BCUT2D eigenvalue weighted by Gasteiger charge is -2.20. The van der Waals surface area contributed by atoms with Gasteiger partial charge >= 0.3 is 5.97 Å². The van der Waals surface area contributed by atoms with Gasteiger partial charge in [-0.05, 0) is 12.8 Å². The lowest BCUT2D eigenvalue weighted by atomic mass is 10.1. The third-order valence-corrected chi connectivity index (χ3v) is 2.98. The lowest BCUT2D eigenvalue weighted by molar-refractivity contribution is -0.142. The summed E-state index contributed by atoms with van der Waals surface area (Å²) >= 11 is 0. The maximum Gasteiger partial charge on any atom is 0.329 e. The van der Waals surface area contributed by atoms with Crippen LogP contribution in [-0.4, -0.2) is 46.2 Å². The minimum absolute atomic E-state index is 0.152. The van der Waals surface area contributed by atoms with Gasteiger partial charge < -0.3 is 10.4 Å². The number of carboxylic acid groups (broad SMARTS) is 1. The fourth-order valence-corrected chi connectivity index (χ4v) is 1.64. The summed E-state index contributed by atoms with van der Waals surface area (Å²) in [7, 11) is 1.47. The van der Waals surface area contributed by atoms with Crippen LogP contribution in [-0.2, 0) is 14.4 Å². The van der Waals surface area contributed by atoms with E-state index in [-0.39, 0.29) is 24.5 Å². The zero-order chi connectivity index (χ0) is 12.6. The molecule has 92 valence electrons. The van der Waals surface area contributed by atoms with Crippen LogP contribution in [0.5, 0.6) is 0 Å². The molecule has 0 unspecified atom stereocenters. The number of nitrogens with zero attached hydrogens (tertiary/aromatic N) is 2. The van der Waals surface area contributed by atoms with E-state index in [2.05, 4.69) is 10.4 Å². The van der Waals surface area contributed by atoms with Crippen molar-refractivity contribution in [3.63, 3.8) is 0 Å². The van der Waals surface area contributed by atoms with E-state index in [4.69, 9.17) is 5.11 Å². The van der Waals surface area contributed by atoms with Gasteiger partial charge in [-0.25, -0.2) is 9.80 Å². The zero-order valence-electron chi connectivity index (χ0n) is 9.39. The van der Waals surface area contributed by atoms with E-state index in [1.807, 2.05) is 0 Å². The average molecular weight is 239 g/mol. The number of amides is 2. The SMILES string of the molecule is CN1N=C(C(=O)NC2(C(=O)O)CC2)CCC1=O. The number of carbonyl (C=O) groups is 3. The van der Waals surface area contributed by atoms with Crippen molar-refractivity contribution in [3.05, 3.63) is 0 Å². The predicted molar refractivity (Wildman–Crippen MR) is 57.2 cm³/mol. The van der Waals surface area contributed by atoms with Gasteiger partial charge in [0.15, 0.2) is 0 Å². The van der Waals surface area contributed by atoms with E-state index in [0.29, 0.717) is 12.8 Å². The van der Waals surface area contributed by atoms with Gasteiger partial charge in [-0.15, -0.1) is 0 Å². The highest BCUT2D eigenvalue weighted by molar-refractivity contribution is 6.40. The summed E-state index contributed by atoms with van der Waals surface area (Å²) in [6, 6.07) is 0. The quantitative estimate of drug-likeness (QED) is 0.682. The highest BCUT2D eigenvalue weighted by Gasteiger charge is 2.52. The van der Waals surface area contributed by atoms with Crippen LogP contribution in [0, 0.1) is 0 Å². The van der Waals surface area contributed by atoms with E-state index in [9.17, 15) is 14.4 Å². The first-order chi connectivity index (χ1) is 7.94. The maximum atomic E-state index is 11.8. The van der Waals surface area contributed by atoms with Gasteiger partial charge in [0.05, 0.1) is 0 Å². The Morgan fingerprint density at radius 1 is 1.41 bits per heavy atom. The Hall–Kier alpha value is -1.92. The number of hydrazone groups is 1. The van der Waals surface area contributed by atoms with Crippen LogP contribution in [0.4, 0.5) is 0 Å². The third kappa shape index (κ3) is 2.13. The molecule has 0 radical (unpaired) electrons. The zero-order valence-corrected chi connectivity index (χ0v) is 9.39. The second-order valence-corrected chi connectivity index (χ2v) is 4.31. The van der Waals surface area contributed by atoms with Crippen LogP contribution in [0.1, 0.15) is 25.7 Å². The molecule has 2 aliphatic rings. The number of rotatable bonds is 3. The first-order valence-electron chi connectivity index (χ1n) is 5.34. The monoisotopic (exact) mass is 239 g/mol. The van der Waals surface area contributed by atoms with Gasteiger partial charge in [0.25, 0.3) is 5.91 Å². The molecule has 1 saturated carbocycles. The molecule has 1 heterocycles. The molecule has 7 heteroatoms. The van der Waals surface area contributed by atoms with Gasteiger partial charge in [0.1, 0.15) is 11.3 Å². The van der Waals surface area contributed by atoms with Crippen LogP contribution in [0.2, 0.25) is 0 Å². The Bertz CT molecular complexity index is 425. The van der Waals surface area contributed by atoms with Crippen LogP contribution < -0.4 is 5.32 Å². The molecule has 7 nitrogen and oxygen atoms in total. The number of aliphatic carboxylic acids is 1. The Morgan fingerprint density at radius 2 is 2.06 bits per heavy atom. The van der Waals surface area contributed by atoms with Crippen molar-refractivity contribution in [2.75, 3.05) is 7.05 Å². The Morgan fingerprint density at radius 3 is 2.53 bits per heavy atom. The first kappa shape index (κ1) is 11.6. The van der Waals surface area contributed by atoms with E-state index < -0.39 is 17.4 Å². The number of carbonyl (C=O) groups excluding carboxylic acids is 2. The van der Waals surface area contributed by atoms with Crippen molar-refractivity contribution >= 4 is 23.5 Å². The molecular formula is C10H13N3O4. The standard InChI is InChI=1S/C10H13N3O4/c1-13-7(14)3-2-6(12-13)8(15)11-10(4-5-10)9(16)17/h2-5H2,1H3,(H,11,15)(H,16,17). The van der Waals surface area contributed by atoms with Crippen molar-refractivity contribution in [1.29, 1.82) is 0 Å². The normalized spacial score (nSPS) is 21.8. The largest absolute Gasteiger partial charge is 0.480 e. The van der Waals surface area contributed by atoms with Gasteiger partial charge in [0.2, 0.25) is 5.91 Å². The molecule has 2 rings (SSSR count). The van der Waals surface area contributed by atoms with E-state index in [0.717, 1.165) is 5.01 Å². The van der Waals surface area contributed by atoms with Crippen molar-refractivity contribution in [3.8, 4) is 0 Å². The predicted octanol–water partition coefficient (Wildman–Crippen LogP) is -0.672. The molecule has 0 aromatic rings. The Balaban J connectivity index is 2.04. The summed E-state index contributed by atoms with van der Waals surface area (Å²) in [5.41, 5.74) is -0.903. The molecule has 2 N–H and O–H groups in total. The summed E-state index contributed by atoms with van der Waals surface area (Å²) in [6.07, 6.45) is 1.36. The second-order valence-electron chi connectivity index (χ2n) is 4.31. The highest BCUT2D eigenvalue weighted by Crippen LogP contribution is 2.35. The smallest absolute Gasteiger partial charge is 0.329 e. The molecule has 1 aliphatic carbocycles. The third-order valence-electron chi connectivity index (χ3n) is 2.98. The van der Waals surface area contributed by atoms with Crippen LogP contribution in [0.3, 0.4) is 0 Å². The van der Waals surface area contributed by atoms with Crippen LogP contribution in [0.15, 0.2) is 5.10 Å². The highest BCUT2D eigenvalue weighted by atomic mass is 16.4. The van der Waals surface area contributed by atoms with E-state index >= 15 is 0 Å². The summed E-state index contributed by atoms with van der Waals surface area (Å²) < 4.78 is 0. The molecule has 1 aliphatic heterocycles. The van der Waals surface area contributed by atoms with Crippen molar-refractivity contribution in [2.24, 2.45) is 5.10 Å². The van der Waals surface area contributed by atoms with Crippen molar-refractivity contribution in [1.82, 2.24) is 10.3 Å². The number of nitrogens with one attached hydrogen (secondary N) is 1. The molecule has 0 atom stereocenters. The molecule has 0 bridgehead atoms. The van der Waals surface area contributed by atoms with Crippen molar-refractivity contribution in [2.45, 2.75) is 31.2 Å². The molecular weight excluding hydrogens is 226 g/mol. The van der Waals surface area contributed by atoms with Crippen LogP contribution >= 0.6 is 0 Å². The topological polar surface area (TPSA) is 99.1 Å². The fraction of sp³-hybridized carbons (Fsp3) is 0.600. The summed E-state index contributed by atoms with van der Waals surface area (Å²) in [5.74, 6) is -1.67. The van der Waals surface area contributed by atoms with Crippen LogP contribution in [0.25, 0.3) is 0 Å². The Kier molecular flexibility index (Phi) is 2.60. The summed E-state index contributed by atoms with van der Waals surface area (Å²) in [5, 5.41) is 16.3. The molecule has 2 amide bonds. The van der Waals surface area contributed by atoms with Gasteiger partial charge in [0, 0.05) is 19.9 Å². The van der Waals surface area contributed by atoms with Gasteiger partial charge in [-0.2, -0.15) is 5.10 Å². The molecule has 17 heavy (non-hydrogen) atoms. The number of hydrogen-bond donors (Lipinski definition) is 2. The number of carboxylic acids is 1. The second kappa shape index (κ2) is 3.83. The Labute approximate surface area is 97.5 Å². The van der Waals surface area contributed by atoms with Gasteiger partial charge in [-0.3, -0.25) is 9.59 Å². The molecule has 1 fully saturated rings. The van der Waals surface area contributed by atoms with Crippen molar-refractivity contribution < 1.29 is 19.5 Å². The first-order valence-corrected chi connectivity index (χ1v) is 5.34. The minimum Gasteiger partial charge on any atom is -0.480 e. The molecule has 0 spiro atoms.